The molecule has 28 heavy (non-hydrogen) atoms. The average Bonchev–Trinajstić information content (AvgIpc) is 3.10. The molecule has 2 aromatic carbocycles. The first-order valence-electron chi connectivity index (χ1n) is 8.97. The molecule has 142 valence electrons. The maximum absolute atomic E-state index is 12.9. The van der Waals surface area contributed by atoms with Gasteiger partial charge in [0, 0.05) is 13.3 Å². The Morgan fingerprint density at radius 2 is 1.61 bits per heavy atom. The predicted octanol–water partition coefficient (Wildman–Crippen LogP) is 2.68. The van der Waals surface area contributed by atoms with Crippen LogP contribution in [-0.2, 0) is 16.0 Å². The zero-order valence-electron chi connectivity index (χ0n) is 15.8. The number of hydrogen-bond donors (Lipinski definition) is 1. The number of para-hydroxylation sites is 1. The molecule has 0 bridgehead atoms. The lowest BCUT2D eigenvalue weighted by atomic mass is 10.00. The van der Waals surface area contributed by atoms with Crippen molar-refractivity contribution in [3.63, 3.8) is 0 Å². The average molecular weight is 375 g/mol. The minimum Gasteiger partial charge on any atom is -0.340 e. The first-order valence-corrected chi connectivity index (χ1v) is 8.97. The number of amides is 1. The van der Waals surface area contributed by atoms with Crippen LogP contribution in [0.1, 0.15) is 28.7 Å². The van der Waals surface area contributed by atoms with Gasteiger partial charge in [0.25, 0.3) is 5.91 Å². The summed E-state index contributed by atoms with van der Waals surface area (Å²) in [7, 11) is 0. The summed E-state index contributed by atoms with van der Waals surface area (Å²) in [6.07, 6.45) is 0.240. The van der Waals surface area contributed by atoms with E-state index in [9.17, 15) is 14.4 Å². The lowest BCUT2D eigenvalue weighted by Crippen LogP contribution is -2.45. The minimum atomic E-state index is -0.938. The number of aryl methyl sites for hydroxylation is 1. The molecule has 0 saturated carbocycles. The fourth-order valence-corrected chi connectivity index (χ4v) is 2.96. The second-order valence-electron chi connectivity index (χ2n) is 6.55. The van der Waals surface area contributed by atoms with E-state index in [0.29, 0.717) is 11.4 Å². The van der Waals surface area contributed by atoms with Crippen molar-refractivity contribution in [3.05, 3.63) is 83.7 Å². The van der Waals surface area contributed by atoms with E-state index in [1.807, 2.05) is 60.7 Å². The minimum absolute atomic E-state index is 0.240. The van der Waals surface area contributed by atoms with Crippen LogP contribution in [0.15, 0.2) is 66.7 Å². The number of Topliss-reactive ketones (excluding diaryl/α,β-unsaturated/α-hetero) is 2. The zero-order chi connectivity index (χ0) is 20.1. The summed E-state index contributed by atoms with van der Waals surface area (Å²) < 4.78 is 1.53. The number of rotatable bonds is 7. The first-order chi connectivity index (χ1) is 13.5. The third-order valence-corrected chi connectivity index (χ3v) is 4.32. The number of carbonyl (C=O) groups is 3. The smallest absolute Gasteiger partial charge is 0.270 e. The Hall–Kier alpha value is -3.54. The number of ketones is 2. The van der Waals surface area contributed by atoms with Crippen molar-refractivity contribution in [1.82, 2.24) is 15.1 Å². The van der Waals surface area contributed by atoms with Crippen molar-refractivity contribution in [3.8, 4) is 5.69 Å². The normalized spacial score (nSPS) is 11.6. The Balaban J connectivity index is 1.88. The van der Waals surface area contributed by atoms with Gasteiger partial charge in [0.05, 0.1) is 17.4 Å². The van der Waals surface area contributed by atoms with Gasteiger partial charge in [-0.3, -0.25) is 14.4 Å². The number of hydrogen-bond acceptors (Lipinski definition) is 4. The molecule has 0 radical (unpaired) electrons. The van der Waals surface area contributed by atoms with E-state index in [0.717, 1.165) is 11.3 Å². The topological polar surface area (TPSA) is 81.1 Å². The third-order valence-electron chi connectivity index (χ3n) is 4.32. The largest absolute Gasteiger partial charge is 0.340 e. The van der Waals surface area contributed by atoms with Crippen molar-refractivity contribution < 1.29 is 14.4 Å². The number of nitrogens with zero attached hydrogens (tertiary/aromatic N) is 2. The van der Waals surface area contributed by atoms with E-state index in [4.69, 9.17) is 0 Å². The summed E-state index contributed by atoms with van der Waals surface area (Å²) in [5.41, 5.74) is 2.57. The Labute approximate surface area is 163 Å². The second kappa shape index (κ2) is 8.43. The molecule has 0 fully saturated rings. The molecule has 0 aliphatic carbocycles. The van der Waals surface area contributed by atoms with Crippen molar-refractivity contribution in [2.45, 2.75) is 26.3 Å². The van der Waals surface area contributed by atoms with Crippen LogP contribution >= 0.6 is 0 Å². The molecule has 6 nitrogen and oxygen atoms in total. The molecule has 3 aromatic rings. The summed E-state index contributed by atoms with van der Waals surface area (Å²) in [5, 5.41) is 7.09. The predicted molar refractivity (Wildman–Crippen MR) is 105 cm³/mol. The molecule has 1 heterocycles. The highest BCUT2D eigenvalue weighted by Gasteiger charge is 2.26. The molecule has 0 aliphatic rings. The molecular weight excluding hydrogens is 354 g/mol. The summed E-state index contributed by atoms with van der Waals surface area (Å²) >= 11 is 0. The number of aromatic nitrogens is 2. The van der Waals surface area contributed by atoms with Crippen molar-refractivity contribution in [1.29, 1.82) is 0 Å². The SMILES string of the molecule is CC(=O)C(=O)[C@H](Cc1ccccc1)NC(=O)c1cc(C)nn1-c1ccccc1. The van der Waals surface area contributed by atoms with Crippen LogP contribution in [0, 0.1) is 6.92 Å². The van der Waals surface area contributed by atoms with Crippen molar-refractivity contribution >= 4 is 17.5 Å². The zero-order valence-corrected chi connectivity index (χ0v) is 15.8. The molecule has 0 spiro atoms. The summed E-state index contributed by atoms with van der Waals surface area (Å²) in [5.74, 6) is -1.67. The van der Waals surface area contributed by atoms with Crippen LogP contribution in [0.4, 0.5) is 0 Å². The first kappa shape index (κ1) is 19.2. The van der Waals surface area contributed by atoms with Crippen LogP contribution in [0.3, 0.4) is 0 Å². The molecule has 1 amide bonds. The highest BCUT2D eigenvalue weighted by atomic mass is 16.2. The summed E-state index contributed by atoms with van der Waals surface area (Å²) in [6, 6.07) is 19.2. The number of nitrogens with one attached hydrogen (secondary N) is 1. The van der Waals surface area contributed by atoms with Gasteiger partial charge in [-0.05, 0) is 30.7 Å². The summed E-state index contributed by atoms with van der Waals surface area (Å²) in [4.78, 5) is 37.0. The van der Waals surface area contributed by atoms with Crippen LogP contribution in [0.5, 0.6) is 0 Å². The van der Waals surface area contributed by atoms with E-state index < -0.39 is 23.5 Å². The molecular formula is C22H21N3O3. The molecule has 1 aromatic heterocycles. The highest BCUT2D eigenvalue weighted by Crippen LogP contribution is 2.13. The van der Waals surface area contributed by atoms with E-state index in [1.54, 1.807) is 13.0 Å². The van der Waals surface area contributed by atoms with Gasteiger partial charge in [0.1, 0.15) is 5.69 Å². The lowest BCUT2D eigenvalue weighted by molar-refractivity contribution is -0.136. The maximum atomic E-state index is 12.9. The van der Waals surface area contributed by atoms with Crippen LogP contribution < -0.4 is 5.32 Å². The van der Waals surface area contributed by atoms with Gasteiger partial charge >= 0.3 is 0 Å². The quantitative estimate of drug-likeness (QED) is 0.644. The van der Waals surface area contributed by atoms with Gasteiger partial charge in [-0.15, -0.1) is 0 Å². The molecule has 3 rings (SSSR count). The molecule has 0 aliphatic heterocycles. The van der Waals surface area contributed by atoms with E-state index in [1.165, 1.54) is 11.6 Å². The third kappa shape index (κ3) is 4.40. The lowest BCUT2D eigenvalue weighted by Gasteiger charge is -2.17. The molecule has 1 atom stereocenters. The fourth-order valence-electron chi connectivity index (χ4n) is 2.96. The second-order valence-corrected chi connectivity index (χ2v) is 6.55. The van der Waals surface area contributed by atoms with Crippen LogP contribution in [0.2, 0.25) is 0 Å². The molecule has 6 heteroatoms. The number of benzene rings is 2. The highest BCUT2D eigenvalue weighted by molar-refractivity contribution is 6.38. The number of carbonyl (C=O) groups excluding carboxylic acids is 3. The standard InChI is InChI=1S/C22H21N3O3/c1-15-13-20(25(24-15)18-11-7-4-8-12-18)22(28)23-19(21(27)16(2)26)14-17-9-5-3-6-10-17/h3-13,19H,14H2,1-2H3,(H,23,28)/t19-/m0/s1. The van der Waals surface area contributed by atoms with Crippen LogP contribution in [-0.4, -0.2) is 33.3 Å². The molecule has 0 unspecified atom stereocenters. The van der Waals surface area contributed by atoms with Gasteiger partial charge in [0.15, 0.2) is 5.78 Å². The fraction of sp³-hybridized carbons (Fsp3) is 0.182. The van der Waals surface area contributed by atoms with E-state index >= 15 is 0 Å². The van der Waals surface area contributed by atoms with Gasteiger partial charge < -0.3 is 5.32 Å². The van der Waals surface area contributed by atoms with Crippen molar-refractivity contribution in [2.24, 2.45) is 0 Å². The van der Waals surface area contributed by atoms with E-state index in [-0.39, 0.29) is 6.42 Å². The van der Waals surface area contributed by atoms with Crippen LogP contribution in [0.25, 0.3) is 5.69 Å². The Morgan fingerprint density at radius 3 is 2.21 bits per heavy atom. The van der Waals surface area contributed by atoms with Crippen molar-refractivity contribution in [2.75, 3.05) is 0 Å². The Bertz CT molecular complexity index is 994. The van der Waals surface area contributed by atoms with Gasteiger partial charge in [-0.25, -0.2) is 4.68 Å². The Kier molecular flexibility index (Phi) is 5.79. The maximum Gasteiger partial charge on any atom is 0.270 e. The summed E-state index contributed by atoms with van der Waals surface area (Å²) in [6.45, 7) is 3.00. The van der Waals surface area contributed by atoms with Gasteiger partial charge in [-0.1, -0.05) is 48.5 Å². The van der Waals surface area contributed by atoms with Gasteiger partial charge in [0.2, 0.25) is 5.78 Å². The molecule has 1 N–H and O–H groups in total. The van der Waals surface area contributed by atoms with E-state index in [2.05, 4.69) is 10.4 Å². The van der Waals surface area contributed by atoms with Gasteiger partial charge in [-0.2, -0.15) is 5.10 Å². The Morgan fingerprint density at radius 1 is 1.00 bits per heavy atom. The monoisotopic (exact) mass is 375 g/mol. The molecule has 0 saturated heterocycles.